The van der Waals surface area contributed by atoms with Crippen LogP contribution in [-0.4, -0.2) is 39.4 Å². The van der Waals surface area contributed by atoms with Gasteiger partial charge in [-0.1, -0.05) is 43.2 Å². The third kappa shape index (κ3) is 6.00. The van der Waals surface area contributed by atoms with Crippen LogP contribution >= 0.6 is 0 Å². The van der Waals surface area contributed by atoms with Crippen LogP contribution in [0.25, 0.3) is 0 Å². The van der Waals surface area contributed by atoms with Crippen LogP contribution in [0.15, 0.2) is 30.9 Å². The number of benzene rings is 1. The van der Waals surface area contributed by atoms with Crippen molar-refractivity contribution >= 4 is 21.7 Å². The zero-order chi connectivity index (χ0) is 24.6. The summed E-state index contributed by atoms with van der Waals surface area (Å²) in [7, 11) is -3.99. The van der Waals surface area contributed by atoms with E-state index in [1.165, 1.54) is 0 Å². The van der Waals surface area contributed by atoms with E-state index in [1.54, 1.807) is 31.2 Å². The largest absolute Gasteiger partial charge is 0.350 e. The molecular weight excluding hydrogens is 446 g/mol. The van der Waals surface area contributed by atoms with Crippen LogP contribution in [0.3, 0.4) is 0 Å². The number of rotatable bonds is 11. The molecule has 1 heterocycles. The maximum atomic E-state index is 13.2. The lowest BCUT2D eigenvalue weighted by Crippen LogP contribution is -2.52. The highest BCUT2D eigenvalue weighted by Crippen LogP contribution is 2.41. The summed E-state index contributed by atoms with van der Waals surface area (Å²) in [5.74, 6) is 3.26. The zero-order valence-corrected chi connectivity index (χ0v) is 20.4. The Balaban J connectivity index is 2.58. The fourth-order valence-corrected chi connectivity index (χ4v) is 5.83. The van der Waals surface area contributed by atoms with Crippen LogP contribution in [0, 0.1) is 6.92 Å². The molecule has 0 aliphatic carbocycles. The molecule has 9 nitrogen and oxygen atoms in total. The standard InChI is InChI=1S/C23H35N3O6S/c1-5-9-17(21(27)26-32-20-10-7-8-14-31-20)18-15-16(3)11-12-19(18)23(13-6-2,22(28)25-24)33(4,29)30/h5,11-12,15,17,20H,1,6-10,13-14,24H2,2-4H3,(H,25,28)(H,26,27)/t17-,20?,23+/m0/s1. The molecule has 0 saturated carbocycles. The van der Waals surface area contributed by atoms with Gasteiger partial charge in [-0.25, -0.2) is 24.6 Å². The molecule has 0 spiro atoms. The van der Waals surface area contributed by atoms with Crippen molar-refractivity contribution in [1.82, 2.24) is 10.9 Å². The number of aryl methyl sites for hydroxylation is 1. The van der Waals surface area contributed by atoms with Gasteiger partial charge in [-0.2, -0.15) is 0 Å². The van der Waals surface area contributed by atoms with Gasteiger partial charge in [0.15, 0.2) is 20.9 Å². The van der Waals surface area contributed by atoms with Crippen molar-refractivity contribution in [2.24, 2.45) is 5.84 Å². The van der Waals surface area contributed by atoms with E-state index < -0.39 is 38.6 Å². The van der Waals surface area contributed by atoms with E-state index in [2.05, 4.69) is 12.1 Å². The Labute approximate surface area is 195 Å². The van der Waals surface area contributed by atoms with Crippen molar-refractivity contribution in [3.63, 3.8) is 0 Å². The Hall–Kier alpha value is -2.27. The molecule has 2 rings (SSSR count). The molecule has 2 amide bonds. The highest BCUT2D eigenvalue weighted by molar-refractivity contribution is 7.92. The van der Waals surface area contributed by atoms with E-state index in [-0.39, 0.29) is 18.4 Å². The summed E-state index contributed by atoms with van der Waals surface area (Å²) in [6, 6.07) is 5.03. The lowest BCUT2D eigenvalue weighted by atomic mass is 9.81. The van der Waals surface area contributed by atoms with Crippen LogP contribution in [0.1, 0.15) is 68.1 Å². The van der Waals surface area contributed by atoms with Crippen LogP contribution < -0.4 is 16.7 Å². The molecule has 0 radical (unpaired) electrons. The minimum Gasteiger partial charge on any atom is -0.350 e. The second-order valence-corrected chi connectivity index (χ2v) is 10.6. The number of amides is 2. The Morgan fingerprint density at radius 1 is 1.39 bits per heavy atom. The predicted molar refractivity (Wildman–Crippen MR) is 125 cm³/mol. The van der Waals surface area contributed by atoms with Gasteiger partial charge in [-0.3, -0.25) is 15.0 Å². The number of carbonyl (C=O) groups is 2. The number of hydrazine groups is 1. The first-order chi connectivity index (χ1) is 15.6. The quantitative estimate of drug-likeness (QED) is 0.191. The van der Waals surface area contributed by atoms with E-state index in [0.29, 0.717) is 25.0 Å². The van der Waals surface area contributed by atoms with E-state index in [4.69, 9.17) is 15.4 Å². The lowest BCUT2D eigenvalue weighted by Gasteiger charge is -2.34. The monoisotopic (exact) mass is 481 g/mol. The van der Waals surface area contributed by atoms with Crippen molar-refractivity contribution in [3.05, 3.63) is 47.5 Å². The lowest BCUT2D eigenvalue weighted by molar-refractivity contribution is -0.201. The summed E-state index contributed by atoms with van der Waals surface area (Å²) < 4.78 is 29.7. The minimum absolute atomic E-state index is 0.000228. The molecular formula is C23H35N3O6S. The summed E-state index contributed by atoms with van der Waals surface area (Å²) in [4.78, 5) is 31.7. The van der Waals surface area contributed by atoms with Gasteiger partial charge in [0.05, 0.1) is 5.92 Å². The Morgan fingerprint density at radius 2 is 2.12 bits per heavy atom. The fourth-order valence-electron chi connectivity index (χ4n) is 4.27. The number of carbonyl (C=O) groups excluding carboxylic acids is 2. The summed E-state index contributed by atoms with van der Waals surface area (Å²) >= 11 is 0. The average Bonchev–Trinajstić information content (AvgIpc) is 2.79. The van der Waals surface area contributed by atoms with Crippen molar-refractivity contribution in [2.45, 2.75) is 69.3 Å². The molecule has 0 aromatic heterocycles. The minimum atomic E-state index is -3.99. The molecule has 184 valence electrons. The number of sulfone groups is 1. The van der Waals surface area contributed by atoms with Gasteiger partial charge in [-0.15, -0.1) is 6.58 Å². The molecule has 4 N–H and O–H groups in total. The van der Waals surface area contributed by atoms with Crippen LogP contribution in [0.2, 0.25) is 0 Å². The molecule has 1 aromatic carbocycles. The third-order valence-electron chi connectivity index (χ3n) is 5.90. The topological polar surface area (TPSA) is 137 Å². The van der Waals surface area contributed by atoms with Gasteiger partial charge < -0.3 is 4.74 Å². The molecule has 1 aromatic rings. The first-order valence-corrected chi connectivity index (χ1v) is 13.0. The Morgan fingerprint density at radius 3 is 2.67 bits per heavy atom. The first-order valence-electron chi connectivity index (χ1n) is 11.1. The maximum absolute atomic E-state index is 13.2. The van der Waals surface area contributed by atoms with Crippen LogP contribution in [-0.2, 0) is 33.7 Å². The van der Waals surface area contributed by atoms with Gasteiger partial charge >= 0.3 is 0 Å². The number of hydroxylamine groups is 1. The van der Waals surface area contributed by atoms with Crippen LogP contribution in [0.5, 0.6) is 0 Å². The number of hydrogen-bond donors (Lipinski definition) is 3. The first kappa shape index (κ1) is 27.0. The molecule has 10 heteroatoms. The van der Waals surface area contributed by atoms with Gasteiger partial charge in [0, 0.05) is 19.3 Å². The molecule has 1 aliphatic rings. The molecule has 1 aliphatic heterocycles. The van der Waals surface area contributed by atoms with Crippen molar-refractivity contribution in [1.29, 1.82) is 0 Å². The number of ether oxygens (including phenoxy) is 1. The normalized spacial score (nSPS) is 19.2. The number of nitrogens with one attached hydrogen (secondary N) is 2. The number of nitrogens with two attached hydrogens (primary N) is 1. The third-order valence-corrected chi connectivity index (χ3v) is 7.77. The predicted octanol–water partition coefficient (Wildman–Crippen LogP) is 2.26. The maximum Gasteiger partial charge on any atom is 0.259 e. The molecule has 3 atom stereocenters. The highest BCUT2D eigenvalue weighted by atomic mass is 32.2. The SMILES string of the molecule is C=CC[C@H](C(=O)NOC1CCCCO1)c1cc(C)ccc1[C@](CCC)(C(=O)NN)S(C)(=O)=O. The fraction of sp³-hybridized carbons (Fsp3) is 0.565. The smallest absolute Gasteiger partial charge is 0.259 e. The highest BCUT2D eigenvalue weighted by Gasteiger charge is 2.50. The molecule has 0 bridgehead atoms. The average molecular weight is 482 g/mol. The molecule has 1 unspecified atom stereocenters. The van der Waals surface area contributed by atoms with Crippen molar-refractivity contribution in [3.8, 4) is 0 Å². The summed E-state index contributed by atoms with van der Waals surface area (Å²) in [6.45, 7) is 7.91. The van der Waals surface area contributed by atoms with E-state index in [1.807, 2.05) is 12.3 Å². The van der Waals surface area contributed by atoms with Crippen LogP contribution in [0.4, 0.5) is 0 Å². The summed E-state index contributed by atoms with van der Waals surface area (Å²) in [5.41, 5.74) is 5.92. The number of allylic oxidation sites excluding steroid dienone is 1. The van der Waals surface area contributed by atoms with E-state index >= 15 is 0 Å². The van der Waals surface area contributed by atoms with Gasteiger partial charge in [0.25, 0.3) is 11.8 Å². The summed E-state index contributed by atoms with van der Waals surface area (Å²) in [5, 5.41) is 0. The van der Waals surface area contributed by atoms with E-state index in [9.17, 15) is 18.0 Å². The van der Waals surface area contributed by atoms with Crippen molar-refractivity contribution < 1.29 is 27.6 Å². The van der Waals surface area contributed by atoms with Gasteiger partial charge in [0.1, 0.15) is 0 Å². The number of hydrogen-bond acceptors (Lipinski definition) is 7. The molecule has 33 heavy (non-hydrogen) atoms. The zero-order valence-electron chi connectivity index (χ0n) is 19.6. The van der Waals surface area contributed by atoms with Crippen molar-refractivity contribution in [2.75, 3.05) is 12.9 Å². The second kappa shape index (κ2) is 11.7. The Bertz CT molecular complexity index is 959. The van der Waals surface area contributed by atoms with E-state index in [0.717, 1.165) is 24.7 Å². The summed E-state index contributed by atoms with van der Waals surface area (Å²) in [6.07, 6.45) is 5.16. The Kier molecular flexibility index (Phi) is 9.59. The molecule has 1 saturated heterocycles. The second-order valence-electron chi connectivity index (χ2n) is 8.37. The van der Waals surface area contributed by atoms with Gasteiger partial charge in [0.2, 0.25) is 0 Å². The van der Waals surface area contributed by atoms with Gasteiger partial charge in [-0.05, 0) is 43.7 Å². The molecule has 1 fully saturated rings.